The quantitative estimate of drug-likeness (QED) is 0.0816. The Kier molecular flexibility index (Phi) is 8.58. The maximum absolute atomic E-state index is 12.8. The number of aromatic hydroxyl groups is 2. The Hall–Kier alpha value is -5.76. The van der Waals surface area contributed by atoms with Crippen molar-refractivity contribution in [3.05, 3.63) is 120 Å². The lowest BCUT2D eigenvalue weighted by Gasteiger charge is -2.07. The first-order valence-corrected chi connectivity index (χ1v) is 17.6. The minimum Gasteiger partial charge on any atom is -0.506 e. The maximum Gasteiger partial charge on any atom is 0.295 e. The van der Waals surface area contributed by atoms with Gasteiger partial charge in [0.25, 0.3) is 10.1 Å². The average Bonchev–Trinajstić information content (AvgIpc) is 3.06. The van der Waals surface area contributed by atoms with Gasteiger partial charge >= 0.3 is 0 Å². The molecule has 13 heteroatoms. The van der Waals surface area contributed by atoms with Crippen LogP contribution in [0.2, 0.25) is 0 Å². The molecule has 0 aliphatic rings. The van der Waals surface area contributed by atoms with Crippen molar-refractivity contribution >= 4 is 76.4 Å². The third-order valence-electron chi connectivity index (χ3n) is 7.40. The van der Waals surface area contributed by atoms with E-state index in [0.29, 0.717) is 10.8 Å². The summed E-state index contributed by atoms with van der Waals surface area (Å²) >= 11 is 0. The summed E-state index contributed by atoms with van der Waals surface area (Å²) < 4.78 is 60.3. The summed E-state index contributed by atoms with van der Waals surface area (Å²) in [5, 5.41) is 40.3. The molecular weight excluding hydrogens is 653 g/mol. The highest BCUT2D eigenvalue weighted by Gasteiger charge is 2.17. The number of azo groups is 2. The van der Waals surface area contributed by atoms with E-state index in [1.54, 1.807) is 36.4 Å². The molecular formula is C35H26N4O7S2. The molecule has 0 heterocycles. The van der Waals surface area contributed by atoms with E-state index in [-0.39, 0.29) is 50.3 Å². The summed E-state index contributed by atoms with van der Waals surface area (Å²) in [5.74, 6) is -0.206. The monoisotopic (exact) mass is 678 g/mol. The number of fused-ring (bicyclic) bond motifs is 2. The molecule has 11 nitrogen and oxygen atoms in total. The van der Waals surface area contributed by atoms with Gasteiger partial charge in [-0.2, -0.15) is 18.6 Å². The highest BCUT2D eigenvalue weighted by Crippen LogP contribution is 2.38. The van der Waals surface area contributed by atoms with Gasteiger partial charge in [-0.15, -0.1) is 10.2 Å². The predicted molar refractivity (Wildman–Crippen MR) is 184 cm³/mol. The molecule has 0 fully saturated rings. The number of sulfone groups is 1. The Morgan fingerprint density at radius 1 is 0.542 bits per heavy atom. The van der Waals surface area contributed by atoms with Crippen LogP contribution < -0.4 is 0 Å². The van der Waals surface area contributed by atoms with Gasteiger partial charge in [-0.05, 0) is 58.3 Å². The van der Waals surface area contributed by atoms with Gasteiger partial charge in [-0.1, -0.05) is 84.9 Å². The van der Waals surface area contributed by atoms with Gasteiger partial charge in [0.05, 0.1) is 16.3 Å². The van der Waals surface area contributed by atoms with E-state index in [1.165, 1.54) is 54.6 Å². The van der Waals surface area contributed by atoms with Crippen LogP contribution in [0.4, 0.5) is 22.7 Å². The lowest BCUT2D eigenvalue weighted by molar-refractivity contribution is 0.476. The van der Waals surface area contributed by atoms with E-state index < -0.39 is 24.9 Å². The summed E-state index contributed by atoms with van der Waals surface area (Å²) in [6.07, 6.45) is 3.77. The Morgan fingerprint density at radius 3 is 1.44 bits per heavy atom. The zero-order chi connectivity index (χ0) is 34.1. The molecule has 3 N–H and O–H groups in total. The van der Waals surface area contributed by atoms with Crippen molar-refractivity contribution in [1.29, 1.82) is 0 Å². The number of hydrogen-bond acceptors (Lipinski definition) is 10. The van der Waals surface area contributed by atoms with Crippen molar-refractivity contribution < 1.29 is 31.6 Å². The van der Waals surface area contributed by atoms with Gasteiger partial charge in [0.2, 0.25) is 0 Å². The van der Waals surface area contributed by atoms with Gasteiger partial charge in [-0.25, -0.2) is 8.42 Å². The van der Waals surface area contributed by atoms with Gasteiger partial charge in [0.15, 0.2) is 9.84 Å². The molecule has 0 radical (unpaired) electrons. The Bertz CT molecular complexity index is 2370. The van der Waals surface area contributed by atoms with Crippen molar-refractivity contribution in [2.45, 2.75) is 9.79 Å². The summed E-state index contributed by atoms with van der Waals surface area (Å²) in [4.78, 5) is -0.593. The summed E-state index contributed by atoms with van der Waals surface area (Å²) in [6, 6.07) is 29.2. The van der Waals surface area contributed by atoms with Crippen LogP contribution in [-0.2, 0) is 20.0 Å². The second-order valence-electron chi connectivity index (χ2n) is 10.7. The Labute approximate surface area is 275 Å². The second kappa shape index (κ2) is 12.8. The minimum absolute atomic E-state index is 0.0547. The van der Waals surface area contributed by atoms with E-state index in [1.807, 2.05) is 24.3 Å². The fourth-order valence-corrected chi connectivity index (χ4v) is 6.69. The normalized spacial score (nSPS) is 12.6. The van der Waals surface area contributed by atoms with Crippen molar-refractivity contribution in [2.24, 2.45) is 20.5 Å². The van der Waals surface area contributed by atoms with Crippen LogP contribution in [-0.4, -0.2) is 37.9 Å². The minimum atomic E-state index is -4.75. The molecule has 0 spiro atoms. The number of phenols is 2. The zero-order valence-electron chi connectivity index (χ0n) is 25.1. The smallest absolute Gasteiger partial charge is 0.295 e. The maximum atomic E-state index is 12.8. The van der Waals surface area contributed by atoms with Crippen LogP contribution in [0.1, 0.15) is 11.1 Å². The molecule has 0 atom stereocenters. The number of benzene rings is 6. The SMILES string of the molecule is CS(=O)(=O)c1cc(N=Nc2c(O)ccc3ccccc23)ccc1/C=C\c1ccc(N=Nc2c(O)ccc3ccccc23)cc1S(=O)(=O)O. The van der Waals surface area contributed by atoms with Crippen LogP contribution in [0.25, 0.3) is 33.7 Å². The fourth-order valence-electron chi connectivity index (χ4n) is 5.08. The van der Waals surface area contributed by atoms with Gasteiger partial charge in [0.1, 0.15) is 27.8 Å². The third kappa shape index (κ3) is 6.83. The standard InChI is InChI=1S/C35H26N4O7S2/c1-47(42,43)32-20-26(36-38-34-28-8-4-2-6-22(28)14-18-30(34)40)16-12-24(32)10-11-25-13-17-27(21-33(25)48(44,45)46)37-39-35-29-9-5-3-7-23(29)15-19-31(35)41/h2-21,40-41H,1H3,(H,44,45,46)/b11-10-,38-36?,39-37?. The molecule has 0 aliphatic heterocycles. The molecule has 6 aromatic rings. The lowest BCUT2D eigenvalue weighted by Crippen LogP contribution is -2.01. The highest BCUT2D eigenvalue weighted by atomic mass is 32.2. The molecule has 0 unspecified atom stereocenters. The van der Waals surface area contributed by atoms with Crippen LogP contribution in [0.5, 0.6) is 11.5 Å². The molecule has 48 heavy (non-hydrogen) atoms. The topological polar surface area (TPSA) is 178 Å². The fraction of sp³-hybridized carbons (Fsp3) is 0.0286. The van der Waals surface area contributed by atoms with Gasteiger partial charge in [0, 0.05) is 17.0 Å². The number of rotatable bonds is 8. The summed E-state index contributed by atoms with van der Waals surface area (Å²) in [6.45, 7) is 0. The highest BCUT2D eigenvalue weighted by molar-refractivity contribution is 7.90. The molecule has 0 saturated heterocycles. The van der Waals surface area contributed by atoms with Crippen LogP contribution in [0, 0.1) is 0 Å². The van der Waals surface area contributed by atoms with Crippen molar-refractivity contribution in [2.75, 3.05) is 6.26 Å². The van der Waals surface area contributed by atoms with Crippen LogP contribution in [0.3, 0.4) is 0 Å². The van der Waals surface area contributed by atoms with Gasteiger partial charge < -0.3 is 10.2 Å². The predicted octanol–water partition coefficient (Wildman–Crippen LogP) is 9.06. The van der Waals surface area contributed by atoms with E-state index in [0.717, 1.165) is 23.1 Å². The molecule has 6 aromatic carbocycles. The van der Waals surface area contributed by atoms with E-state index in [4.69, 9.17) is 0 Å². The van der Waals surface area contributed by atoms with Crippen molar-refractivity contribution in [3.63, 3.8) is 0 Å². The Morgan fingerprint density at radius 2 is 0.979 bits per heavy atom. The molecule has 0 aliphatic carbocycles. The number of hydrogen-bond donors (Lipinski definition) is 3. The van der Waals surface area contributed by atoms with E-state index in [9.17, 15) is 31.6 Å². The largest absolute Gasteiger partial charge is 0.506 e. The first-order valence-electron chi connectivity index (χ1n) is 14.3. The average molecular weight is 679 g/mol. The molecule has 0 amide bonds. The molecule has 0 bridgehead atoms. The second-order valence-corrected chi connectivity index (χ2v) is 14.1. The summed E-state index contributed by atoms with van der Waals surface area (Å²) in [7, 11) is -8.55. The third-order valence-corrected chi connectivity index (χ3v) is 9.47. The summed E-state index contributed by atoms with van der Waals surface area (Å²) in [5.41, 5.74) is 0.977. The van der Waals surface area contributed by atoms with Crippen molar-refractivity contribution in [3.8, 4) is 11.5 Å². The van der Waals surface area contributed by atoms with Crippen molar-refractivity contribution in [1.82, 2.24) is 0 Å². The Balaban J connectivity index is 1.33. The molecule has 0 saturated carbocycles. The number of phenolic OH excluding ortho intramolecular Hbond substituents is 2. The molecule has 0 aromatic heterocycles. The van der Waals surface area contributed by atoms with E-state index in [2.05, 4.69) is 20.5 Å². The number of nitrogens with zero attached hydrogens (tertiary/aromatic N) is 4. The van der Waals surface area contributed by atoms with E-state index >= 15 is 0 Å². The van der Waals surface area contributed by atoms with Crippen LogP contribution in [0.15, 0.2) is 139 Å². The molecule has 240 valence electrons. The van der Waals surface area contributed by atoms with Gasteiger partial charge in [-0.3, -0.25) is 4.55 Å². The van der Waals surface area contributed by atoms with Crippen LogP contribution >= 0.6 is 0 Å². The lowest BCUT2D eigenvalue weighted by atomic mass is 10.1. The first-order chi connectivity index (χ1) is 22.9. The molecule has 6 rings (SSSR count). The first kappa shape index (κ1) is 32.2. The zero-order valence-corrected chi connectivity index (χ0v) is 26.8.